The molecule has 0 aromatic carbocycles. The largest absolute Gasteiger partial charge is 0.394 e. The van der Waals surface area contributed by atoms with Crippen molar-refractivity contribution in [2.24, 2.45) is 0 Å². The van der Waals surface area contributed by atoms with Crippen LogP contribution in [0.15, 0.2) is 0 Å². The van der Waals surface area contributed by atoms with Crippen LogP contribution in [0.25, 0.3) is 0 Å². The lowest BCUT2D eigenvalue weighted by Crippen LogP contribution is -2.20. The van der Waals surface area contributed by atoms with Crippen molar-refractivity contribution in [2.75, 3.05) is 44.7 Å². The molecule has 0 aliphatic rings. The van der Waals surface area contributed by atoms with Gasteiger partial charge in [0.2, 0.25) is 0 Å². The van der Waals surface area contributed by atoms with E-state index < -0.39 is 10.9 Å². The quantitative estimate of drug-likeness (QED) is 0.535. The Bertz CT molecular complexity index is 135. The van der Waals surface area contributed by atoms with Gasteiger partial charge in [0.1, 0.15) is 0 Å². The normalized spacial score (nSPS) is 12.9. The molecule has 0 saturated carbocycles. The average molecular weight is 291 g/mol. The van der Waals surface area contributed by atoms with Gasteiger partial charge >= 0.3 is 0 Å². The van der Waals surface area contributed by atoms with Crippen molar-refractivity contribution in [1.82, 2.24) is 0 Å². The van der Waals surface area contributed by atoms with Crippen LogP contribution in [0.2, 0.25) is 0 Å². The Labute approximate surface area is 110 Å². The Morgan fingerprint density at radius 1 is 1.00 bits per heavy atom. The summed E-state index contributed by atoms with van der Waals surface area (Å²) in [6, 6.07) is 0. The Morgan fingerprint density at radius 3 is 1.94 bits per heavy atom. The van der Waals surface area contributed by atoms with E-state index in [0.717, 1.165) is 6.42 Å². The van der Waals surface area contributed by atoms with Gasteiger partial charge in [-0.1, -0.05) is 6.92 Å². The Balaban J connectivity index is 4.39. The summed E-state index contributed by atoms with van der Waals surface area (Å²) in [5.41, 5.74) is 0. The second-order valence-electron chi connectivity index (χ2n) is 3.22. The average Bonchev–Trinajstić information content (AvgIpc) is 2.37. The van der Waals surface area contributed by atoms with Crippen molar-refractivity contribution < 1.29 is 22.8 Å². The minimum atomic E-state index is -2.15. The maximum absolute atomic E-state index is 8.81. The molecule has 0 heterocycles. The number of rotatable bonds is 12. The summed E-state index contributed by atoms with van der Waals surface area (Å²) in [7, 11) is -2.15. The maximum atomic E-state index is 8.81. The molecule has 17 heavy (non-hydrogen) atoms. The van der Waals surface area contributed by atoms with Crippen molar-refractivity contribution in [2.45, 2.75) is 19.8 Å². The third-order valence-corrected chi connectivity index (χ3v) is 4.34. The molecular weight excluding hydrogens is 268 g/mol. The second-order valence-corrected chi connectivity index (χ2v) is 5.83. The molecule has 0 spiro atoms. The SMILES string of the molecule is CCCOS(CCCCl)(OCCO)OCCO. The molecule has 0 atom stereocenters. The summed E-state index contributed by atoms with van der Waals surface area (Å²) in [6.07, 6.45) is 1.55. The zero-order valence-electron chi connectivity index (χ0n) is 10.3. The van der Waals surface area contributed by atoms with Gasteiger partial charge in [-0.2, -0.15) is 0 Å². The molecule has 0 aromatic heterocycles. The Hall–Kier alpha value is 0.440. The number of halogens is 1. The van der Waals surface area contributed by atoms with Crippen molar-refractivity contribution in [3.8, 4) is 0 Å². The van der Waals surface area contributed by atoms with Gasteiger partial charge in [-0.3, -0.25) is 12.5 Å². The highest BCUT2D eigenvalue weighted by Gasteiger charge is 2.26. The van der Waals surface area contributed by atoms with E-state index in [0.29, 0.717) is 24.7 Å². The van der Waals surface area contributed by atoms with E-state index in [1.165, 1.54) is 0 Å². The van der Waals surface area contributed by atoms with Gasteiger partial charge in [0.15, 0.2) is 0 Å². The molecule has 5 nitrogen and oxygen atoms in total. The Morgan fingerprint density at radius 2 is 1.53 bits per heavy atom. The molecule has 0 amide bonds. The fraction of sp³-hybridized carbons (Fsp3) is 1.00. The van der Waals surface area contributed by atoms with Crippen LogP contribution in [0.3, 0.4) is 0 Å². The monoisotopic (exact) mass is 290 g/mol. The zero-order valence-corrected chi connectivity index (χ0v) is 11.8. The summed E-state index contributed by atoms with van der Waals surface area (Å²) in [5.74, 6) is 1.05. The fourth-order valence-electron chi connectivity index (χ4n) is 1.05. The molecule has 2 N–H and O–H groups in total. The lowest BCUT2D eigenvalue weighted by atomic mass is 10.5. The predicted octanol–water partition coefficient (Wildman–Crippen LogP) is 1.61. The van der Waals surface area contributed by atoms with Crippen LogP contribution in [0, 0.1) is 0 Å². The number of alkyl halides is 1. The van der Waals surface area contributed by atoms with Gasteiger partial charge in [-0.25, -0.2) is 0 Å². The highest BCUT2D eigenvalue weighted by Crippen LogP contribution is 2.52. The molecule has 0 bridgehead atoms. The third kappa shape index (κ3) is 8.20. The highest BCUT2D eigenvalue weighted by atomic mass is 35.5. The molecule has 0 aromatic rings. The van der Waals surface area contributed by atoms with Crippen molar-refractivity contribution in [3.63, 3.8) is 0 Å². The lowest BCUT2D eigenvalue weighted by molar-refractivity contribution is 0.125. The molecule has 0 fully saturated rings. The molecule has 106 valence electrons. The van der Waals surface area contributed by atoms with Crippen LogP contribution < -0.4 is 0 Å². The highest BCUT2D eigenvalue weighted by molar-refractivity contribution is 8.21. The van der Waals surface area contributed by atoms with E-state index in [2.05, 4.69) is 0 Å². The summed E-state index contributed by atoms with van der Waals surface area (Å²) >= 11 is 5.66. The fourth-order valence-corrected chi connectivity index (χ4v) is 3.47. The van der Waals surface area contributed by atoms with E-state index in [-0.39, 0.29) is 26.4 Å². The second kappa shape index (κ2) is 11.5. The first-order valence-corrected chi connectivity index (χ1v) is 7.87. The first-order chi connectivity index (χ1) is 8.24. The number of hydrogen-bond acceptors (Lipinski definition) is 5. The maximum Gasteiger partial charge on any atom is 0.0889 e. The first-order valence-electron chi connectivity index (χ1n) is 5.76. The van der Waals surface area contributed by atoms with E-state index in [4.69, 9.17) is 34.4 Å². The molecular formula is C10H23ClO5S. The molecule has 7 heteroatoms. The summed E-state index contributed by atoms with van der Waals surface area (Å²) < 4.78 is 16.7. The van der Waals surface area contributed by atoms with Gasteiger partial charge in [-0.15, -0.1) is 11.6 Å². The third-order valence-electron chi connectivity index (χ3n) is 1.70. The standard InChI is InChI=1S/C10H23ClO5S/c1-2-7-14-17(10-3-4-11,15-8-5-12)16-9-6-13/h12-13H,2-10H2,1H3. The van der Waals surface area contributed by atoms with Crippen LogP contribution in [0.4, 0.5) is 0 Å². The minimum Gasteiger partial charge on any atom is -0.394 e. The summed E-state index contributed by atoms with van der Waals surface area (Å²) in [6.45, 7) is 2.65. The van der Waals surface area contributed by atoms with Crippen molar-refractivity contribution in [3.05, 3.63) is 0 Å². The van der Waals surface area contributed by atoms with Gasteiger partial charge in [0.25, 0.3) is 0 Å². The van der Waals surface area contributed by atoms with Crippen LogP contribution in [-0.4, -0.2) is 54.9 Å². The Kier molecular flexibility index (Phi) is 11.8. The van der Waals surface area contributed by atoms with Crippen LogP contribution in [0.5, 0.6) is 0 Å². The predicted molar refractivity (Wildman–Crippen MR) is 70.1 cm³/mol. The number of aliphatic hydroxyl groups is 2. The molecule has 0 aliphatic heterocycles. The van der Waals surface area contributed by atoms with E-state index >= 15 is 0 Å². The molecule has 0 unspecified atom stereocenters. The molecule has 0 radical (unpaired) electrons. The first kappa shape index (κ1) is 17.4. The number of aliphatic hydroxyl groups excluding tert-OH is 2. The van der Waals surface area contributed by atoms with Gasteiger partial charge in [0.05, 0.1) is 43.9 Å². The minimum absolute atomic E-state index is 0.0897. The van der Waals surface area contributed by atoms with Crippen molar-refractivity contribution >= 4 is 22.5 Å². The molecule has 0 rings (SSSR count). The van der Waals surface area contributed by atoms with E-state index in [1.54, 1.807) is 0 Å². The van der Waals surface area contributed by atoms with E-state index in [9.17, 15) is 0 Å². The van der Waals surface area contributed by atoms with Crippen LogP contribution >= 0.6 is 22.5 Å². The molecule has 0 aliphatic carbocycles. The van der Waals surface area contributed by atoms with Gasteiger partial charge < -0.3 is 10.2 Å². The van der Waals surface area contributed by atoms with Gasteiger partial charge in [-0.05, 0) is 12.8 Å². The van der Waals surface area contributed by atoms with Gasteiger partial charge in [0, 0.05) is 11.6 Å². The number of hydrogen-bond donors (Lipinski definition) is 2. The smallest absolute Gasteiger partial charge is 0.0889 e. The molecule has 0 saturated heterocycles. The lowest BCUT2D eigenvalue weighted by Gasteiger charge is -2.37. The van der Waals surface area contributed by atoms with E-state index in [1.807, 2.05) is 6.92 Å². The van der Waals surface area contributed by atoms with Crippen LogP contribution in [-0.2, 0) is 12.5 Å². The van der Waals surface area contributed by atoms with Crippen LogP contribution in [0.1, 0.15) is 19.8 Å². The van der Waals surface area contributed by atoms with Crippen molar-refractivity contribution in [1.29, 1.82) is 0 Å². The summed E-state index contributed by atoms with van der Waals surface area (Å²) in [4.78, 5) is 0. The zero-order chi connectivity index (χ0) is 13.0. The summed E-state index contributed by atoms with van der Waals surface area (Å²) in [5, 5.41) is 17.6. The topological polar surface area (TPSA) is 68.2 Å².